The van der Waals surface area contributed by atoms with Crippen molar-refractivity contribution in [3.63, 3.8) is 0 Å². The number of benzene rings is 2. The minimum Gasteiger partial charge on any atom is -0.497 e. The summed E-state index contributed by atoms with van der Waals surface area (Å²) in [5.41, 5.74) is 0.183. The van der Waals surface area contributed by atoms with Crippen LogP contribution in [0.5, 0.6) is 17.2 Å². The van der Waals surface area contributed by atoms with E-state index in [1.54, 1.807) is 24.3 Å². The summed E-state index contributed by atoms with van der Waals surface area (Å²) in [6.45, 7) is 0. The predicted molar refractivity (Wildman–Crippen MR) is 78.6 cm³/mol. The van der Waals surface area contributed by atoms with Gasteiger partial charge < -0.3 is 9.47 Å². The van der Waals surface area contributed by atoms with Crippen molar-refractivity contribution in [3.8, 4) is 23.3 Å². The van der Waals surface area contributed by atoms with Crippen molar-refractivity contribution in [2.45, 2.75) is 0 Å². The Hall–Kier alpha value is -2.59. The number of halogens is 1. The van der Waals surface area contributed by atoms with Crippen molar-refractivity contribution >= 4 is 21.6 Å². The van der Waals surface area contributed by atoms with Crippen LogP contribution in [0.2, 0.25) is 0 Å². The summed E-state index contributed by atoms with van der Waals surface area (Å²) in [7, 11) is 1.49. The Balaban J connectivity index is 2.45. The Morgan fingerprint density at radius 1 is 1.29 bits per heavy atom. The second kappa shape index (κ2) is 6.24. The molecule has 0 saturated carbocycles. The van der Waals surface area contributed by atoms with Crippen LogP contribution in [-0.4, -0.2) is 12.0 Å². The number of nitrogens with zero attached hydrogens (tertiary/aromatic N) is 2. The first-order valence-corrected chi connectivity index (χ1v) is 6.55. The van der Waals surface area contributed by atoms with E-state index >= 15 is 0 Å². The average molecular weight is 349 g/mol. The molecule has 0 spiro atoms. The Kier molecular flexibility index (Phi) is 4.40. The molecule has 0 radical (unpaired) electrons. The van der Waals surface area contributed by atoms with E-state index in [0.29, 0.717) is 11.3 Å². The average Bonchev–Trinajstić information content (AvgIpc) is 2.49. The zero-order chi connectivity index (χ0) is 15.4. The number of methoxy groups -OCH3 is 1. The van der Waals surface area contributed by atoms with Crippen molar-refractivity contribution in [3.05, 3.63) is 56.5 Å². The van der Waals surface area contributed by atoms with Crippen molar-refractivity contribution < 1.29 is 14.4 Å². The fourth-order valence-corrected chi connectivity index (χ4v) is 2.13. The van der Waals surface area contributed by atoms with E-state index < -0.39 is 4.92 Å². The molecule has 0 unspecified atom stereocenters. The molecule has 106 valence electrons. The highest BCUT2D eigenvalue weighted by Gasteiger charge is 2.17. The first-order valence-electron chi connectivity index (χ1n) is 5.75. The number of ether oxygens (including phenoxy) is 2. The predicted octanol–water partition coefficient (Wildman–Crippen LogP) is 4.03. The van der Waals surface area contributed by atoms with E-state index in [1.807, 2.05) is 6.07 Å². The molecule has 0 heterocycles. The van der Waals surface area contributed by atoms with E-state index in [2.05, 4.69) is 15.9 Å². The van der Waals surface area contributed by atoms with Crippen LogP contribution in [-0.2, 0) is 0 Å². The van der Waals surface area contributed by atoms with E-state index in [1.165, 1.54) is 19.2 Å². The smallest absolute Gasteiger partial charge is 0.287 e. The second-order valence-corrected chi connectivity index (χ2v) is 4.72. The van der Waals surface area contributed by atoms with Crippen LogP contribution in [0.3, 0.4) is 0 Å². The van der Waals surface area contributed by atoms with Gasteiger partial charge in [0.1, 0.15) is 27.8 Å². The fraction of sp³-hybridized carbons (Fsp3) is 0.0714. The molecule has 2 aromatic carbocycles. The molecule has 0 bridgehead atoms. The molecule has 0 saturated heterocycles. The van der Waals surface area contributed by atoms with Crippen LogP contribution in [0.25, 0.3) is 0 Å². The Labute approximate surface area is 128 Å². The van der Waals surface area contributed by atoms with Gasteiger partial charge in [-0.2, -0.15) is 5.26 Å². The van der Waals surface area contributed by atoms with Crippen molar-refractivity contribution in [1.82, 2.24) is 0 Å². The standard InChI is InChI=1S/C14H9BrN2O4/c1-20-10-6-5-9(8-16)13(7-10)21-12-4-2-3-11(14(12)15)17(18)19/h2-7H,1H3. The first-order chi connectivity index (χ1) is 10.1. The molecule has 21 heavy (non-hydrogen) atoms. The number of rotatable bonds is 4. The Morgan fingerprint density at radius 2 is 2.05 bits per heavy atom. The highest BCUT2D eigenvalue weighted by Crippen LogP contribution is 2.38. The summed E-state index contributed by atoms with van der Waals surface area (Å²) in [6, 6.07) is 11.2. The van der Waals surface area contributed by atoms with Crippen molar-refractivity contribution in [2.24, 2.45) is 0 Å². The van der Waals surface area contributed by atoms with E-state index in [0.717, 1.165) is 0 Å². The Morgan fingerprint density at radius 3 is 2.67 bits per heavy atom. The summed E-state index contributed by atoms with van der Waals surface area (Å²) >= 11 is 3.14. The lowest BCUT2D eigenvalue weighted by molar-refractivity contribution is -0.385. The number of hydrogen-bond donors (Lipinski definition) is 0. The quantitative estimate of drug-likeness (QED) is 0.614. The van der Waals surface area contributed by atoms with E-state index in [4.69, 9.17) is 14.7 Å². The number of nitriles is 1. The largest absolute Gasteiger partial charge is 0.497 e. The molecule has 7 heteroatoms. The van der Waals surface area contributed by atoms with Gasteiger partial charge in [0.15, 0.2) is 0 Å². The third-order valence-corrected chi connectivity index (χ3v) is 3.47. The summed E-state index contributed by atoms with van der Waals surface area (Å²) < 4.78 is 10.9. The summed E-state index contributed by atoms with van der Waals surface area (Å²) in [6.07, 6.45) is 0. The van der Waals surface area contributed by atoms with Gasteiger partial charge in [-0.3, -0.25) is 10.1 Å². The van der Waals surface area contributed by atoms with Crippen LogP contribution < -0.4 is 9.47 Å². The van der Waals surface area contributed by atoms with Crippen LogP contribution in [0.1, 0.15) is 5.56 Å². The minimum atomic E-state index is -0.520. The monoisotopic (exact) mass is 348 g/mol. The molecule has 0 aliphatic rings. The van der Waals surface area contributed by atoms with Gasteiger partial charge in [-0.1, -0.05) is 6.07 Å². The molecular formula is C14H9BrN2O4. The SMILES string of the molecule is COc1ccc(C#N)c(Oc2cccc([N+](=O)[O-])c2Br)c1. The molecule has 0 N–H and O–H groups in total. The maximum atomic E-state index is 10.9. The second-order valence-electron chi connectivity index (χ2n) is 3.92. The normalized spacial score (nSPS) is 9.76. The van der Waals surface area contributed by atoms with Gasteiger partial charge in [0.25, 0.3) is 5.69 Å². The first kappa shape index (κ1) is 14.8. The lowest BCUT2D eigenvalue weighted by atomic mass is 10.2. The molecule has 6 nitrogen and oxygen atoms in total. The van der Waals surface area contributed by atoms with Gasteiger partial charge in [-0.25, -0.2) is 0 Å². The molecule has 0 amide bonds. The molecule has 0 fully saturated rings. The molecule has 0 aromatic heterocycles. The van der Waals surface area contributed by atoms with Crippen LogP contribution >= 0.6 is 15.9 Å². The van der Waals surface area contributed by atoms with Gasteiger partial charge in [0.2, 0.25) is 0 Å². The molecule has 0 aliphatic heterocycles. The van der Waals surface area contributed by atoms with Gasteiger partial charge in [-0.05, 0) is 34.1 Å². The third kappa shape index (κ3) is 3.12. The van der Waals surface area contributed by atoms with Crippen molar-refractivity contribution in [1.29, 1.82) is 5.26 Å². The zero-order valence-electron chi connectivity index (χ0n) is 10.9. The lowest BCUT2D eigenvalue weighted by Gasteiger charge is -2.10. The molecule has 2 rings (SSSR count). The molecule has 0 aliphatic carbocycles. The molecular weight excluding hydrogens is 340 g/mol. The summed E-state index contributed by atoms with van der Waals surface area (Å²) in [5, 5.41) is 20.0. The van der Waals surface area contributed by atoms with Crippen LogP contribution in [0.4, 0.5) is 5.69 Å². The highest BCUT2D eigenvalue weighted by atomic mass is 79.9. The lowest BCUT2D eigenvalue weighted by Crippen LogP contribution is -1.94. The third-order valence-electron chi connectivity index (χ3n) is 2.67. The van der Waals surface area contributed by atoms with E-state index in [9.17, 15) is 10.1 Å². The maximum absolute atomic E-state index is 10.9. The van der Waals surface area contributed by atoms with Gasteiger partial charge >= 0.3 is 0 Å². The van der Waals surface area contributed by atoms with Gasteiger partial charge in [0, 0.05) is 12.1 Å². The topological polar surface area (TPSA) is 85.4 Å². The van der Waals surface area contributed by atoms with Gasteiger partial charge in [0.05, 0.1) is 17.6 Å². The van der Waals surface area contributed by atoms with Crippen LogP contribution in [0.15, 0.2) is 40.9 Å². The number of nitro benzene ring substituents is 1. The zero-order valence-corrected chi connectivity index (χ0v) is 12.5. The number of nitro groups is 1. The highest BCUT2D eigenvalue weighted by molar-refractivity contribution is 9.10. The fourth-order valence-electron chi connectivity index (χ4n) is 1.64. The van der Waals surface area contributed by atoms with Crippen LogP contribution in [0, 0.1) is 21.4 Å². The van der Waals surface area contributed by atoms with Crippen molar-refractivity contribution in [2.75, 3.05) is 7.11 Å². The molecule has 2 aromatic rings. The van der Waals surface area contributed by atoms with E-state index in [-0.39, 0.29) is 21.7 Å². The number of hydrogen-bond acceptors (Lipinski definition) is 5. The summed E-state index contributed by atoms with van der Waals surface area (Å²) in [4.78, 5) is 10.4. The Bertz CT molecular complexity index is 740. The maximum Gasteiger partial charge on any atom is 0.287 e. The van der Waals surface area contributed by atoms with Gasteiger partial charge in [-0.15, -0.1) is 0 Å². The summed E-state index contributed by atoms with van der Waals surface area (Å²) in [5.74, 6) is 1.03. The molecule has 0 atom stereocenters. The minimum absolute atomic E-state index is 0.117.